The summed E-state index contributed by atoms with van der Waals surface area (Å²) in [5.41, 5.74) is 2.46. The maximum absolute atomic E-state index is 12.2. The zero-order chi connectivity index (χ0) is 15.2. The van der Waals surface area contributed by atoms with Crippen molar-refractivity contribution < 1.29 is 14.7 Å². The molecule has 1 aliphatic rings. The maximum atomic E-state index is 12.2. The summed E-state index contributed by atoms with van der Waals surface area (Å²) in [7, 11) is 0. The highest BCUT2D eigenvalue weighted by Gasteiger charge is 2.24. The molecule has 1 amide bonds. The van der Waals surface area contributed by atoms with Crippen LogP contribution in [0.3, 0.4) is 0 Å². The van der Waals surface area contributed by atoms with E-state index < -0.39 is 5.97 Å². The molecule has 0 spiro atoms. The molecular formula is C16H22N2O3. The van der Waals surface area contributed by atoms with Gasteiger partial charge < -0.3 is 15.7 Å². The average Bonchev–Trinajstić information content (AvgIpc) is 2.46. The van der Waals surface area contributed by atoms with Crippen molar-refractivity contribution in [2.75, 3.05) is 0 Å². The van der Waals surface area contributed by atoms with Gasteiger partial charge in [0.1, 0.15) is 0 Å². The minimum absolute atomic E-state index is 0.00387. The van der Waals surface area contributed by atoms with E-state index in [9.17, 15) is 9.59 Å². The highest BCUT2D eigenvalue weighted by molar-refractivity contribution is 5.82. The number of nitrogens with one attached hydrogen (secondary N) is 2. The van der Waals surface area contributed by atoms with Crippen LogP contribution in [0.2, 0.25) is 0 Å². The molecule has 2 rings (SSSR count). The number of carboxylic acid groups (broad SMARTS) is 1. The van der Waals surface area contributed by atoms with Crippen molar-refractivity contribution in [3.8, 4) is 0 Å². The summed E-state index contributed by atoms with van der Waals surface area (Å²) in [6, 6.07) is 7.93. The lowest BCUT2D eigenvalue weighted by molar-refractivity contribution is -0.137. The molecule has 1 aromatic carbocycles. The predicted octanol–water partition coefficient (Wildman–Crippen LogP) is 1.46. The number of aliphatic carboxylic acids is 1. The number of fused-ring (bicyclic) bond motifs is 1. The van der Waals surface area contributed by atoms with Crippen LogP contribution in [0, 0.1) is 0 Å². The first-order chi connectivity index (χ1) is 10.1. The number of amides is 1. The summed E-state index contributed by atoms with van der Waals surface area (Å²) in [6.45, 7) is 2.62. The number of rotatable bonds is 6. The van der Waals surface area contributed by atoms with Gasteiger partial charge in [-0.25, -0.2) is 0 Å². The van der Waals surface area contributed by atoms with E-state index in [1.807, 2.05) is 19.1 Å². The summed E-state index contributed by atoms with van der Waals surface area (Å²) in [6.07, 6.45) is 2.11. The second kappa shape index (κ2) is 7.22. The Kier molecular flexibility index (Phi) is 5.33. The van der Waals surface area contributed by atoms with Crippen LogP contribution in [0.4, 0.5) is 0 Å². The molecule has 1 aliphatic heterocycles. The molecule has 5 heteroatoms. The minimum atomic E-state index is -0.793. The SMILES string of the molecule is CC(CCCC(=O)O)NC(=O)[C@H]1Cc2ccccc2CN1. The summed E-state index contributed by atoms with van der Waals surface area (Å²) in [5.74, 6) is -0.800. The zero-order valence-corrected chi connectivity index (χ0v) is 12.3. The Labute approximate surface area is 124 Å². The molecule has 1 heterocycles. The normalized spacial score (nSPS) is 18.6. The first-order valence-electron chi connectivity index (χ1n) is 7.38. The van der Waals surface area contributed by atoms with Crippen LogP contribution >= 0.6 is 0 Å². The number of carbonyl (C=O) groups is 2. The van der Waals surface area contributed by atoms with E-state index in [4.69, 9.17) is 5.11 Å². The molecule has 21 heavy (non-hydrogen) atoms. The molecule has 0 radical (unpaired) electrons. The van der Waals surface area contributed by atoms with Gasteiger partial charge in [0, 0.05) is 19.0 Å². The Hall–Kier alpha value is -1.88. The molecule has 2 atom stereocenters. The van der Waals surface area contributed by atoms with E-state index in [1.165, 1.54) is 11.1 Å². The van der Waals surface area contributed by atoms with Gasteiger partial charge in [-0.05, 0) is 37.3 Å². The molecule has 114 valence electrons. The van der Waals surface area contributed by atoms with Crippen molar-refractivity contribution >= 4 is 11.9 Å². The molecule has 0 aromatic heterocycles. The molecule has 1 aromatic rings. The molecule has 1 unspecified atom stereocenters. The van der Waals surface area contributed by atoms with Crippen LogP contribution in [0.15, 0.2) is 24.3 Å². The van der Waals surface area contributed by atoms with Gasteiger partial charge in [0.05, 0.1) is 6.04 Å². The number of carboxylic acids is 1. The van der Waals surface area contributed by atoms with Crippen LogP contribution < -0.4 is 10.6 Å². The molecule has 3 N–H and O–H groups in total. The Bertz CT molecular complexity index is 516. The first kappa shape index (κ1) is 15.5. The van der Waals surface area contributed by atoms with Gasteiger partial charge in [0.2, 0.25) is 5.91 Å². The van der Waals surface area contributed by atoms with Crippen LogP contribution in [0.5, 0.6) is 0 Å². The lowest BCUT2D eigenvalue weighted by Crippen LogP contribution is -2.49. The van der Waals surface area contributed by atoms with Crippen molar-refractivity contribution in [2.24, 2.45) is 0 Å². The van der Waals surface area contributed by atoms with Gasteiger partial charge in [-0.15, -0.1) is 0 Å². The van der Waals surface area contributed by atoms with Crippen LogP contribution in [0.25, 0.3) is 0 Å². The number of benzene rings is 1. The minimum Gasteiger partial charge on any atom is -0.481 e. The fourth-order valence-electron chi connectivity index (χ4n) is 2.61. The summed E-state index contributed by atoms with van der Waals surface area (Å²) >= 11 is 0. The quantitative estimate of drug-likeness (QED) is 0.741. The van der Waals surface area contributed by atoms with Crippen molar-refractivity contribution in [1.82, 2.24) is 10.6 Å². The Morgan fingerprint density at radius 1 is 1.38 bits per heavy atom. The third-order valence-electron chi connectivity index (χ3n) is 3.81. The van der Waals surface area contributed by atoms with Crippen LogP contribution in [-0.2, 0) is 22.6 Å². The first-order valence-corrected chi connectivity index (χ1v) is 7.38. The van der Waals surface area contributed by atoms with Crippen LogP contribution in [-0.4, -0.2) is 29.1 Å². The van der Waals surface area contributed by atoms with Gasteiger partial charge in [0.25, 0.3) is 0 Å². The highest BCUT2D eigenvalue weighted by atomic mass is 16.4. The van der Waals surface area contributed by atoms with E-state index >= 15 is 0 Å². The van der Waals surface area contributed by atoms with Gasteiger partial charge in [0.15, 0.2) is 0 Å². The van der Waals surface area contributed by atoms with Crippen molar-refractivity contribution in [2.45, 2.75) is 51.2 Å². The lowest BCUT2D eigenvalue weighted by Gasteiger charge is -2.26. The fourth-order valence-corrected chi connectivity index (χ4v) is 2.61. The number of hydrogen-bond donors (Lipinski definition) is 3. The third-order valence-corrected chi connectivity index (χ3v) is 3.81. The molecule has 0 fully saturated rings. The van der Waals surface area contributed by atoms with E-state index in [1.54, 1.807) is 0 Å². The Morgan fingerprint density at radius 3 is 2.81 bits per heavy atom. The molecule has 0 saturated heterocycles. The number of hydrogen-bond acceptors (Lipinski definition) is 3. The average molecular weight is 290 g/mol. The van der Waals surface area contributed by atoms with Crippen LogP contribution in [0.1, 0.15) is 37.3 Å². The standard InChI is InChI=1S/C16H22N2O3/c1-11(5-4-8-15(19)20)18-16(21)14-9-12-6-2-3-7-13(12)10-17-14/h2-3,6-7,11,14,17H,4-5,8-10H2,1H3,(H,18,21)(H,19,20)/t11?,14-/m1/s1. The van der Waals surface area contributed by atoms with Crippen molar-refractivity contribution in [3.05, 3.63) is 35.4 Å². The molecule has 0 bridgehead atoms. The maximum Gasteiger partial charge on any atom is 0.303 e. The zero-order valence-electron chi connectivity index (χ0n) is 12.3. The monoisotopic (exact) mass is 290 g/mol. The van der Waals surface area contributed by atoms with Gasteiger partial charge in [-0.3, -0.25) is 9.59 Å². The van der Waals surface area contributed by atoms with Gasteiger partial charge in [-0.1, -0.05) is 24.3 Å². The molecular weight excluding hydrogens is 268 g/mol. The Morgan fingerprint density at radius 2 is 2.10 bits per heavy atom. The van der Waals surface area contributed by atoms with E-state index in [0.717, 1.165) is 0 Å². The Balaban J connectivity index is 1.80. The van der Waals surface area contributed by atoms with Gasteiger partial charge >= 0.3 is 5.97 Å². The smallest absolute Gasteiger partial charge is 0.303 e. The molecule has 5 nitrogen and oxygen atoms in total. The summed E-state index contributed by atoms with van der Waals surface area (Å²) in [5, 5.41) is 14.8. The molecule has 0 saturated carbocycles. The highest BCUT2D eigenvalue weighted by Crippen LogP contribution is 2.16. The second-order valence-corrected chi connectivity index (χ2v) is 5.60. The largest absolute Gasteiger partial charge is 0.481 e. The van der Waals surface area contributed by atoms with E-state index in [0.29, 0.717) is 25.8 Å². The van der Waals surface area contributed by atoms with E-state index in [2.05, 4.69) is 22.8 Å². The van der Waals surface area contributed by atoms with Crippen molar-refractivity contribution in [1.29, 1.82) is 0 Å². The van der Waals surface area contributed by atoms with Gasteiger partial charge in [-0.2, -0.15) is 0 Å². The molecule has 0 aliphatic carbocycles. The summed E-state index contributed by atoms with van der Waals surface area (Å²) in [4.78, 5) is 22.7. The summed E-state index contributed by atoms with van der Waals surface area (Å²) < 4.78 is 0. The van der Waals surface area contributed by atoms with E-state index in [-0.39, 0.29) is 24.4 Å². The topological polar surface area (TPSA) is 78.4 Å². The predicted molar refractivity (Wildman–Crippen MR) is 79.9 cm³/mol. The second-order valence-electron chi connectivity index (χ2n) is 5.60. The number of carbonyl (C=O) groups excluding carboxylic acids is 1. The van der Waals surface area contributed by atoms with Crippen molar-refractivity contribution in [3.63, 3.8) is 0 Å². The fraction of sp³-hybridized carbons (Fsp3) is 0.500. The lowest BCUT2D eigenvalue weighted by atomic mass is 9.95. The third kappa shape index (κ3) is 4.56.